The molecule has 1 unspecified atom stereocenters. The van der Waals surface area contributed by atoms with E-state index in [1.807, 2.05) is 19.1 Å². The van der Waals surface area contributed by atoms with Gasteiger partial charge in [-0.25, -0.2) is 0 Å². The van der Waals surface area contributed by atoms with Crippen molar-refractivity contribution in [3.8, 4) is 12.3 Å². The predicted octanol–water partition coefficient (Wildman–Crippen LogP) is 3.19. The molecule has 1 N–H and O–H groups in total. The molecule has 0 radical (unpaired) electrons. The molecule has 1 atom stereocenters. The number of hydrogen-bond donors (Lipinski definition) is 1. The van der Waals surface area contributed by atoms with Crippen molar-refractivity contribution in [3.05, 3.63) is 28.2 Å². The molecular formula is C11H12BrN. The zero-order valence-corrected chi connectivity index (χ0v) is 9.35. The number of terminal acetylenes is 1. The number of anilines is 1. The normalized spacial score (nSPS) is 11.8. The lowest BCUT2D eigenvalue weighted by Gasteiger charge is -2.10. The predicted molar refractivity (Wildman–Crippen MR) is 60.8 cm³/mol. The second kappa shape index (κ2) is 4.34. The third kappa shape index (κ3) is 2.78. The van der Waals surface area contributed by atoms with E-state index in [0.29, 0.717) is 0 Å². The van der Waals surface area contributed by atoms with Crippen molar-refractivity contribution in [2.45, 2.75) is 19.9 Å². The van der Waals surface area contributed by atoms with Gasteiger partial charge in [0, 0.05) is 10.2 Å². The third-order valence-corrected chi connectivity index (χ3v) is 2.68. The van der Waals surface area contributed by atoms with E-state index >= 15 is 0 Å². The van der Waals surface area contributed by atoms with E-state index in [9.17, 15) is 0 Å². The highest BCUT2D eigenvalue weighted by atomic mass is 79.9. The number of rotatable bonds is 2. The van der Waals surface area contributed by atoms with Gasteiger partial charge in [-0.15, -0.1) is 6.42 Å². The maximum atomic E-state index is 5.27. The summed E-state index contributed by atoms with van der Waals surface area (Å²) in [6.07, 6.45) is 5.27. The van der Waals surface area contributed by atoms with Gasteiger partial charge in [0.05, 0.1) is 6.04 Å². The molecule has 0 aromatic heterocycles. The van der Waals surface area contributed by atoms with E-state index in [2.05, 4.69) is 40.2 Å². The van der Waals surface area contributed by atoms with Gasteiger partial charge in [-0.05, 0) is 37.6 Å². The van der Waals surface area contributed by atoms with Gasteiger partial charge in [-0.3, -0.25) is 0 Å². The Hall–Kier alpha value is -0.940. The van der Waals surface area contributed by atoms with Crippen LogP contribution in [0.15, 0.2) is 22.7 Å². The van der Waals surface area contributed by atoms with Crippen LogP contribution < -0.4 is 5.32 Å². The van der Waals surface area contributed by atoms with Gasteiger partial charge in [-0.1, -0.05) is 21.9 Å². The number of halogens is 1. The van der Waals surface area contributed by atoms with Gasteiger partial charge < -0.3 is 5.32 Å². The van der Waals surface area contributed by atoms with E-state index in [0.717, 1.165) is 10.2 Å². The molecule has 1 rings (SSSR count). The monoisotopic (exact) mass is 237 g/mol. The Labute approximate surface area is 87.7 Å². The zero-order valence-electron chi connectivity index (χ0n) is 7.76. The third-order valence-electron chi connectivity index (χ3n) is 1.79. The molecule has 1 aromatic carbocycles. The van der Waals surface area contributed by atoms with Crippen molar-refractivity contribution in [1.82, 2.24) is 0 Å². The van der Waals surface area contributed by atoms with Crippen LogP contribution in [0.4, 0.5) is 5.69 Å². The van der Waals surface area contributed by atoms with Crippen LogP contribution in [0.25, 0.3) is 0 Å². The first-order valence-electron chi connectivity index (χ1n) is 4.12. The first kappa shape index (κ1) is 10.1. The maximum Gasteiger partial charge on any atom is 0.0845 e. The van der Waals surface area contributed by atoms with Crippen molar-refractivity contribution in [2.75, 3.05) is 5.32 Å². The van der Waals surface area contributed by atoms with Crippen LogP contribution in [0.2, 0.25) is 0 Å². The van der Waals surface area contributed by atoms with Crippen LogP contribution in [0.1, 0.15) is 12.5 Å². The van der Waals surface area contributed by atoms with Crippen LogP contribution in [0, 0.1) is 19.3 Å². The average molecular weight is 238 g/mol. The van der Waals surface area contributed by atoms with Crippen molar-refractivity contribution >= 4 is 21.6 Å². The Morgan fingerprint density at radius 2 is 2.23 bits per heavy atom. The lowest BCUT2D eigenvalue weighted by Crippen LogP contribution is -2.11. The highest BCUT2D eigenvalue weighted by molar-refractivity contribution is 9.10. The number of aryl methyl sites for hydroxylation is 1. The van der Waals surface area contributed by atoms with Gasteiger partial charge >= 0.3 is 0 Å². The molecule has 0 spiro atoms. The summed E-state index contributed by atoms with van der Waals surface area (Å²) in [4.78, 5) is 0. The Bertz CT molecular complexity index is 338. The summed E-state index contributed by atoms with van der Waals surface area (Å²) < 4.78 is 1.12. The minimum absolute atomic E-state index is 0.0700. The molecule has 0 fully saturated rings. The van der Waals surface area contributed by atoms with Crippen LogP contribution in [-0.4, -0.2) is 6.04 Å². The van der Waals surface area contributed by atoms with Crippen LogP contribution in [0.5, 0.6) is 0 Å². The topological polar surface area (TPSA) is 12.0 Å². The van der Waals surface area contributed by atoms with Gasteiger partial charge in [-0.2, -0.15) is 0 Å². The molecule has 1 nitrogen and oxygen atoms in total. The second-order valence-corrected chi connectivity index (χ2v) is 3.85. The maximum absolute atomic E-state index is 5.27. The summed E-state index contributed by atoms with van der Waals surface area (Å²) in [5.41, 5.74) is 2.26. The van der Waals surface area contributed by atoms with E-state index in [-0.39, 0.29) is 6.04 Å². The smallest absolute Gasteiger partial charge is 0.0845 e. The molecule has 0 aliphatic carbocycles. The summed E-state index contributed by atoms with van der Waals surface area (Å²) in [5.74, 6) is 2.62. The van der Waals surface area contributed by atoms with Gasteiger partial charge in [0.25, 0.3) is 0 Å². The Morgan fingerprint density at radius 1 is 1.54 bits per heavy atom. The van der Waals surface area contributed by atoms with E-state index < -0.39 is 0 Å². The number of hydrogen-bond acceptors (Lipinski definition) is 1. The molecule has 13 heavy (non-hydrogen) atoms. The zero-order chi connectivity index (χ0) is 9.84. The summed E-state index contributed by atoms with van der Waals surface area (Å²) in [5, 5.41) is 3.20. The fraction of sp³-hybridized carbons (Fsp3) is 0.273. The second-order valence-electron chi connectivity index (χ2n) is 3.00. The fourth-order valence-electron chi connectivity index (χ4n) is 1.03. The largest absolute Gasteiger partial charge is 0.372 e. The first-order chi connectivity index (χ1) is 6.13. The van der Waals surface area contributed by atoms with E-state index in [1.54, 1.807) is 0 Å². The van der Waals surface area contributed by atoms with Gasteiger partial charge in [0.1, 0.15) is 0 Å². The van der Waals surface area contributed by atoms with Crippen molar-refractivity contribution in [3.63, 3.8) is 0 Å². The molecule has 0 bridgehead atoms. The minimum Gasteiger partial charge on any atom is -0.372 e. The molecule has 2 heteroatoms. The molecule has 0 heterocycles. The minimum atomic E-state index is 0.0700. The van der Waals surface area contributed by atoms with Gasteiger partial charge in [0.2, 0.25) is 0 Å². The van der Waals surface area contributed by atoms with E-state index in [1.165, 1.54) is 5.56 Å². The summed E-state index contributed by atoms with van der Waals surface area (Å²) >= 11 is 3.44. The fourth-order valence-corrected chi connectivity index (χ4v) is 1.27. The molecule has 0 amide bonds. The average Bonchev–Trinajstić information content (AvgIpc) is 2.11. The van der Waals surface area contributed by atoms with Crippen LogP contribution >= 0.6 is 15.9 Å². The highest BCUT2D eigenvalue weighted by Crippen LogP contribution is 2.20. The van der Waals surface area contributed by atoms with Crippen molar-refractivity contribution in [1.29, 1.82) is 0 Å². The Morgan fingerprint density at radius 3 is 2.77 bits per heavy atom. The van der Waals surface area contributed by atoms with E-state index in [4.69, 9.17) is 6.42 Å². The van der Waals surface area contributed by atoms with Crippen LogP contribution in [-0.2, 0) is 0 Å². The molecule has 0 saturated carbocycles. The SMILES string of the molecule is C#CC(C)Nc1ccc(Br)c(C)c1. The number of nitrogens with one attached hydrogen (secondary N) is 1. The van der Waals surface area contributed by atoms with Crippen LogP contribution in [0.3, 0.4) is 0 Å². The molecule has 68 valence electrons. The van der Waals surface area contributed by atoms with Gasteiger partial charge in [0.15, 0.2) is 0 Å². The van der Waals surface area contributed by atoms with Crippen molar-refractivity contribution in [2.24, 2.45) is 0 Å². The molecular weight excluding hydrogens is 226 g/mol. The molecule has 0 aliphatic rings. The number of benzene rings is 1. The lowest BCUT2D eigenvalue weighted by atomic mass is 10.2. The highest BCUT2D eigenvalue weighted by Gasteiger charge is 1.99. The summed E-state index contributed by atoms with van der Waals surface area (Å²) in [6, 6.07) is 6.16. The quantitative estimate of drug-likeness (QED) is 0.780. The summed E-state index contributed by atoms with van der Waals surface area (Å²) in [6.45, 7) is 4.01. The standard InChI is InChI=1S/C11H12BrN/c1-4-9(3)13-10-5-6-11(12)8(2)7-10/h1,5-7,9,13H,2-3H3. The Kier molecular flexibility index (Phi) is 3.39. The molecule has 0 aliphatic heterocycles. The Balaban J connectivity index is 2.81. The summed E-state index contributed by atoms with van der Waals surface area (Å²) in [7, 11) is 0. The molecule has 1 aromatic rings. The molecule has 0 saturated heterocycles. The lowest BCUT2D eigenvalue weighted by molar-refractivity contribution is 1.03. The first-order valence-corrected chi connectivity index (χ1v) is 4.91. The van der Waals surface area contributed by atoms with Crippen molar-refractivity contribution < 1.29 is 0 Å².